The van der Waals surface area contributed by atoms with Gasteiger partial charge < -0.3 is 5.32 Å². The first-order valence-electron chi connectivity index (χ1n) is 6.97. The summed E-state index contributed by atoms with van der Waals surface area (Å²) in [5, 5.41) is 5.88. The third-order valence-corrected chi connectivity index (χ3v) is 4.49. The van der Waals surface area contributed by atoms with Crippen molar-refractivity contribution in [3.8, 4) is 0 Å². The summed E-state index contributed by atoms with van der Waals surface area (Å²) in [6, 6.07) is 0.669. The topological polar surface area (TPSA) is 24.9 Å². The molecule has 18 heavy (non-hydrogen) atoms. The average molecular weight is 266 g/mol. The van der Waals surface area contributed by atoms with Gasteiger partial charge in [-0.15, -0.1) is 11.3 Å². The van der Waals surface area contributed by atoms with Gasteiger partial charge in [0.25, 0.3) is 0 Å². The second kappa shape index (κ2) is 5.30. The van der Waals surface area contributed by atoms with Gasteiger partial charge in [-0.25, -0.2) is 4.98 Å². The van der Waals surface area contributed by atoms with Crippen molar-refractivity contribution in [3.05, 3.63) is 16.6 Å². The number of hydrogen-bond donors (Lipinski definition) is 1. The zero-order chi connectivity index (χ0) is 13.2. The van der Waals surface area contributed by atoms with E-state index in [-0.39, 0.29) is 0 Å². The maximum absolute atomic E-state index is 4.33. The lowest BCUT2D eigenvalue weighted by molar-refractivity contribution is 0.0854. The van der Waals surface area contributed by atoms with Crippen LogP contribution in [0.1, 0.15) is 52.7 Å². The Morgan fingerprint density at radius 2 is 1.94 bits per heavy atom. The maximum Gasteiger partial charge on any atom is 0.0794 e. The van der Waals surface area contributed by atoms with Crippen LogP contribution < -0.4 is 5.32 Å². The molecule has 1 aliphatic carbocycles. The van der Waals surface area contributed by atoms with Crippen LogP contribution in [0.3, 0.4) is 0 Å². The fraction of sp³-hybridized carbons (Fsp3) is 0.800. The van der Waals surface area contributed by atoms with E-state index in [1.807, 2.05) is 5.51 Å². The largest absolute Gasteiger partial charge is 0.314 e. The first kappa shape index (κ1) is 14.0. The molecule has 0 radical (unpaired) electrons. The molecule has 0 amide bonds. The molecule has 1 aromatic rings. The number of hydrogen-bond acceptors (Lipinski definition) is 3. The maximum atomic E-state index is 4.33. The molecule has 0 aliphatic heterocycles. The highest BCUT2D eigenvalue weighted by molar-refractivity contribution is 7.07. The van der Waals surface area contributed by atoms with E-state index in [1.165, 1.54) is 25.0 Å². The molecule has 0 unspecified atom stereocenters. The first-order valence-corrected chi connectivity index (χ1v) is 7.91. The SMILES string of the molecule is CC1(C)CC(NCCc2cscn2)CC(C)(C)C1. The van der Waals surface area contributed by atoms with Crippen LogP contribution in [0.2, 0.25) is 0 Å². The second-order valence-corrected chi connectivity index (χ2v) is 8.01. The summed E-state index contributed by atoms with van der Waals surface area (Å²) in [4.78, 5) is 4.33. The smallest absolute Gasteiger partial charge is 0.0794 e. The zero-order valence-electron chi connectivity index (χ0n) is 12.1. The molecular formula is C15H26N2S. The Morgan fingerprint density at radius 3 is 2.50 bits per heavy atom. The summed E-state index contributed by atoms with van der Waals surface area (Å²) < 4.78 is 0. The van der Waals surface area contributed by atoms with E-state index in [1.54, 1.807) is 11.3 Å². The van der Waals surface area contributed by atoms with Gasteiger partial charge in [0, 0.05) is 24.4 Å². The molecule has 0 spiro atoms. The van der Waals surface area contributed by atoms with Crippen LogP contribution in [0.4, 0.5) is 0 Å². The van der Waals surface area contributed by atoms with Gasteiger partial charge in [0.15, 0.2) is 0 Å². The second-order valence-electron chi connectivity index (χ2n) is 7.29. The van der Waals surface area contributed by atoms with Gasteiger partial charge in [-0.3, -0.25) is 0 Å². The van der Waals surface area contributed by atoms with E-state index >= 15 is 0 Å². The number of rotatable bonds is 4. The minimum Gasteiger partial charge on any atom is -0.314 e. The number of thiazole rings is 1. The highest BCUT2D eigenvalue weighted by atomic mass is 32.1. The monoisotopic (exact) mass is 266 g/mol. The van der Waals surface area contributed by atoms with Crippen LogP contribution in [0.15, 0.2) is 10.9 Å². The van der Waals surface area contributed by atoms with E-state index in [9.17, 15) is 0 Å². The van der Waals surface area contributed by atoms with Crippen molar-refractivity contribution in [2.45, 2.75) is 59.4 Å². The lowest BCUT2D eigenvalue weighted by atomic mass is 9.63. The van der Waals surface area contributed by atoms with Crippen molar-refractivity contribution < 1.29 is 0 Å². The van der Waals surface area contributed by atoms with Crippen molar-refractivity contribution in [1.82, 2.24) is 10.3 Å². The molecule has 0 atom stereocenters. The molecule has 1 fully saturated rings. The molecule has 1 aliphatic rings. The van der Waals surface area contributed by atoms with Crippen LogP contribution in [-0.4, -0.2) is 17.6 Å². The molecule has 3 heteroatoms. The lowest BCUT2D eigenvalue weighted by Gasteiger charge is -2.45. The molecule has 102 valence electrons. The molecule has 0 aromatic carbocycles. The minimum atomic E-state index is 0.472. The summed E-state index contributed by atoms with van der Waals surface area (Å²) in [6.07, 6.45) is 4.99. The van der Waals surface area contributed by atoms with Crippen molar-refractivity contribution in [2.75, 3.05) is 6.54 Å². The standard InChI is InChI=1S/C15H26N2S/c1-14(2)7-13(8-15(3,4)10-14)16-6-5-12-9-18-11-17-12/h9,11,13,16H,5-8,10H2,1-4H3. The molecular weight excluding hydrogens is 240 g/mol. The van der Waals surface area contributed by atoms with Crippen molar-refractivity contribution in [2.24, 2.45) is 10.8 Å². The summed E-state index contributed by atoms with van der Waals surface area (Å²) >= 11 is 1.69. The fourth-order valence-corrected chi connectivity index (χ4v) is 4.35. The molecule has 1 heterocycles. The Morgan fingerprint density at radius 1 is 1.28 bits per heavy atom. The van der Waals surface area contributed by atoms with Gasteiger partial charge in [-0.05, 0) is 30.1 Å². The van der Waals surface area contributed by atoms with Gasteiger partial charge in [0.05, 0.1) is 11.2 Å². The van der Waals surface area contributed by atoms with Crippen LogP contribution in [0.25, 0.3) is 0 Å². The zero-order valence-corrected chi connectivity index (χ0v) is 12.9. The van der Waals surface area contributed by atoms with E-state index in [0.717, 1.165) is 13.0 Å². The number of aromatic nitrogens is 1. The summed E-state index contributed by atoms with van der Waals surface area (Å²) in [5.41, 5.74) is 4.09. The Hall–Kier alpha value is -0.410. The third kappa shape index (κ3) is 4.06. The van der Waals surface area contributed by atoms with Crippen molar-refractivity contribution in [3.63, 3.8) is 0 Å². The van der Waals surface area contributed by atoms with E-state index in [4.69, 9.17) is 0 Å². The van der Waals surface area contributed by atoms with E-state index in [0.29, 0.717) is 16.9 Å². The van der Waals surface area contributed by atoms with E-state index < -0.39 is 0 Å². The highest BCUT2D eigenvalue weighted by Gasteiger charge is 2.37. The molecule has 0 saturated heterocycles. The molecule has 0 bridgehead atoms. The highest BCUT2D eigenvalue weighted by Crippen LogP contribution is 2.45. The Kier molecular flexibility index (Phi) is 4.12. The summed E-state index contributed by atoms with van der Waals surface area (Å²) in [6.45, 7) is 10.7. The quantitative estimate of drug-likeness (QED) is 0.894. The van der Waals surface area contributed by atoms with Crippen LogP contribution in [0, 0.1) is 10.8 Å². The molecule has 1 aromatic heterocycles. The van der Waals surface area contributed by atoms with Gasteiger partial charge in [-0.1, -0.05) is 27.7 Å². The van der Waals surface area contributed by atoms with Crippen LogP contribution >= 0.6 is 11.3 Å². The Balaban J connectivity index is 1.82. The van der Waals surface area contributed by atoms with Gasteiger partial charge in [-0.2, -0.15) is 0 Å². The van der Waals surface area contributed by atoms with E-state index in [2.05, 4.69) is 43.4 Å². The lowest BCUT2D eigenvalue weighted by Crippen LogP contribution is -2.44. The normalized spacial score (nSPS) is 23.1. The summed E-state index contributed by atoms with van der Waals surface area (Å²) in [7, 11) is 0. The number of nitrogens with one attached hydrogen (secondary N) is 1. The molecule has 2 rings (SSSR count). The third-order valence-electron chi connectivity index (χ3n) is 3.85. The van der Waals surface area contributed by atoms with Crippen molar-refractivity contribution >= 4 is 11.3 Å². The van der Waals surface area contributed by atoms with Crippen LogP contribution in [0.5, 0.6) is 0 Å². The number of nitrogens with zero attached hydrogens (tertiary/aromatic N) is 1. The fourth-order valence-electron chi connectivity index (χ4n) is 3.76. The van der Waals surface area contributed by atoms with Crippen LogP contribution in [-0.2, 0) is 6.42 Å². The molecule has 1 N–H and O–H groups in total. The minimum absolute atomic E-state index is 0.472. The average Bonchev–Trinajstić information content (AvgIpc) is 2.65. The van der Waals surface area contributed by atoms with Gasteiger partial charge >= 0.3 is 0 Å². The first-order chi connectivity index (χ1) is 8.36. The predicted molar refractivity (Wildman–Crippen MR) is 79.0 cm³/mol. The molecule has 1 saturated carbocycles. The van der Waals surface area contributed by atoms with Gasteiger partial charge in [0.2, 0.25) is 0 Å². The van der Waals surface area contributed by atoms with Gasteiger partial charge in [0.1, 0.15) is 0 Å². The van der Waals surface area contributed by atoms with Crippen molar-refractivity contribution in [1.29, 1.82) is 0 Å². The Bertz CT molecular complexity index is 352. The molecule has 2 nitrogen and oxygen atoms in total. The Labute approximate surface area is 115 Å². The summed E-state index contributed by atoms with van der Waals surface area (Å²) in [5.74, 6) is 0. The predicted octanol–water partition coefficient (Wildman–Crippen LogP) is 3.88.